The second kappa shape index (κ2) is 7.07. The van der Waals surface area contributed by atoms with Gasteiger partial charge in [0, 0.05) is 5.56 Å². The molecule has 6 heteroatoms. The number of rotatable bonds is 6. The fourth-order valence-electron chi connectivity index (χ4n) is 3.07. The summed E-state index contributed by atoms with van der Waals surface area (Å²) in [6.45, 7) is 4.26. The summed E-state index contributed by atoms with van der Waals surface area (Å²) >= 11 is 0. The van der Waals surface area contributed by atoms with Crippen LogP contribution in [0.1, 0.15) is 25.0 Å². The van der Waals surface area contributed by atoms with Crippen LogP contribution in [0.4, 0.5) is 4.79 Å². The van der Waals surface area contributed by atoms with Crippen molar-refractivity contribution in [2.75, 3.05) is 13.7 Å². The molecule has 2 aromatic rings. The zero-order valence-electron chi connectivity index (χ0n) is 15.1. The standard InChI is InChI=1S/C20H22N2O4/c1-4-26-17-11-6-5-8-14(17)13-22-18(23)20(2,21-19(22)24)15-9-7-10-16(12-15)25-3/h5-12H,4,13H2,1-3H3,(H,21,24)/t20-/m0/s1. The quantitative estimate of drug-likeness (QED) is 0.810. The third kappa shape index (κ3) is 3.10. The third-order valence-corrected chi connectivity index (χ3v) is 4.52. The summed E-state index contributed by atoms with van der Waals surface area (Å²) in [5.74, 6) is 0.999. The smallest absolute Gasteiger partial charge is 0.325 e. The molecular formula is C20H22N2O4. The number of urea groups is 1. The first-order valence-corrected chi connectivity index (χ1v) is 8.49. The molecule has 0 radical (unpaired) electrons. The maximum Gasteiger partial charge on any atom is 0.325 e. The van der Waals surface area contributed by atoms with Crippen molar-refractivity contribution in [3.8, 4) is 11.5 Å². The van der Waals surface area contributed by atoms with Crippen LogP contribution in [0.15, 0.2) is 48.5 Å². The lowest BCUT2D eigenvalue weighted by molar-refractivity contribution is -0.131. The summed E-state index contributed by atoms with van der Waals surface area (Å²) in [5, 5.41) is 2.81. The molecule has 1 aliphatic heterocycles. The Labute approximate surface area is 152 Å². The molecule has 1 N–H and O–H groups in total. The number of nitrogens with zero attached hydrogens (tertiary/aromatic N) is 1. The van der Waals surface area contributed by atoms with Gasteiger partial charge in [0.25, 0.3) is 5.91 Å². The van der Waals surface area contributed by atoms with E-state index < -0.39 is 11.6 Å². The first-order chi connectivity index (χ1) is 12.5. The molecule has 0 aromatic heterocycles. The van der Waals surface area contributed by atoms with E-state index in [1.807, 2.05) is 31.2 Å². The number of hydrogen-bond acceptors (Lipinski definition) is 4. The molecule has 1 fully saturated rings. The molecule has 6 nitrogen and oxygen atoms in total. The monoisotopic (exact) mass is 354 g/mol. The minimum atomic E-state index is -1.13. The van der Waals surface area contributed by atoms with Gasteiger partial charge in [0.15, 0.2) is 0 Å². The highest BCUT2D eigenvalue weighted by molar-refractivity contribution is 6.07. The Morgan fingerprint density at radius 1 is 1.12 bits per heavy atom. The number of nitrogens with one attached hydrogen (secondary N) is 1. The zero-order chi connectivity index (χ0) is 18.7. The van der Waals surface area contributed by atoms with Crippen molar-refractivity contribution in [3.05, 3.63) is 59.7 Å². The Bertz CT molecular complexity index is 836. The Hall–Kier alpha value is -3.02. The number of ether oxygens (including phenoxy) is 2. The van der Waals surface area contributed by atoms with E-state index in [0.717, 1.165) is 5.56 Å². The van der Waals surface area contributed by atoms with Crippen molar-refractivity contribution in [1.82, 2.24) is 10.2 Å². The van der Waals surface area contributed by atoms with Crippen molar-refractivity contribution in [1.29, 1.82) is 0 Å². The molecule has 1 atom stereocenters. The lowest BCUT2D eigenvalue weighted by atomic mass is 9.92. The first kappa shape index (κ1) is 17.8. The molecule has 3 amide bonds. The van der Waals surface area contributed by atoms with Crippen LogP contribution in [0, 0.1) is 0 Å². The van der Waals surface area contributed by atoms with E-state index in [1.165, 1.54) is 4.90 Å². The Morgan fingerprint density at radius 3 is 2.62 bits per heavy atom. The summed E-state index contributed by atoms with van der Waals surface area (Å²) < 4.78 is 10.8. The highest BCUT2D eigenvalue weighted by Crippen LogP contribution is 2.32. The van der Waals surface area contributed by atoms with Gasteiger partial charge in [-0.3, -0.25) is 9.69 Å². The van der Waals surface area contributed by atoms with E-state index in [1.54, 1.807) is 38.3 Å². The average Bonchev–Trinajstić information content (AvgIpc) is 2.87. The zero-order valence-corrected chi connectivity index (χ0v) is 15.1. The molecule has 1 heterocycles. The summed E-state index contributed by atoms with van der Waals surface area (Å²) in [5.41, 5.74) is 0.329. The number of imide groups is 1. The maximum absolute atomic E-state index is 13.1. The molecule has 0 bridgehead atoms. The van der Waals surface area contributed by atoms with Gasteiger partial charge in [-0.05, 0) is 37.6 Å². The molecule has 136 valence electrons. The maximum atomic E-state index is 13.1. The van der Waals surface area contributed by atoms with Crippen LogP contribution in [-0.4, -0.2) is 30.6 Å². The van der Waals surface area contributed by atoms with Crippen LogP contribution in [0.2, 0.25) is 0 Å². The highest BCUT2D eigenvalue weighted by atomic mass is 16.5. The summed E-state index contributed by atoms with van der Waals surface area (Å²) in [6.07, 6.45) is 0. The van der Waals surface area contributed by atoms with Gasteiger partial charge in [-0.15, -0.1) is 0 Å². The minimum absolute atomic E-state index is 0.153. The normalized spacial score (nSPS) is 19.4. The van der Waals surface area contributed by atoms with E-state index in [4.69, 9.17) is 9.47 Å². The number of carbonyl (C=O) groups is 2. The van der Waals surface area contributed by atoms with Crippen LogP contribution in [0.3, 0.4) is 0 Å². The summed E-state index contributed by atoms with van der Waals surface area (Å²) in [4.78, 5) is 26.8. The molecule has 1 saturated heterocycles. The highest BCUT2D eigenvalue weighted by Gasteiger charge is 2.49. The SMILES string of the molecule is CCOc1ccccc1CN1C(=O)N[C@@](C)(c2cccc(OC)c2)C1=O. The Balaban J connectivity index is 1.89. The van der Waals surface area contributed by atoms with Gasteiger partial charge < -0.3 is 14.8 Å². The van der Waals surface area contributed by atoms with E-state index in [2.05, 4.69) is 5.32 Å². The lowest BCUT2D eigenvalue weighted by Gasteiger charge is -2.23. The molecule has 3 rings (SSSR count). The molecule has 0 unspecified atom stereocenters. The van der Waals surface area contributed by atoms with Gasteiger partial charge in [0.05, 0.1) is 20.3 Å². The van der Waals surface area contributed by atoms with Crippen molar-refractivity contribution < 1.29 is 19.1 Å². The van der Waals surface area contributed by atoms with Crippen LogP contribution < -0.4 is 14.8 Å². The fraction of sp³-hybridized carbons (Fsp3) is 0.300. The van der Waals surface area contributed by atoms with Crippen LogP contribution in [0.25, 0.3) is 0 Å². The molecule has 26 heavy (non-hydrogen) atoms. The second-order valence-electron chi connectivity index (χ2n) is 6.22. The van der Waals surface area contributed by atoms with Gasteiger partial charge in [0.2, 0.25) is 0 Å². The number of para-hydroxylation sites is 1. The number of benzene rings is 2. The van der Waals surface area contributed by atoms with Crippen LogP contribution >= 0.6 is 0 Å². The molecular weight excluding hydrogens is 332 g/mol. The lowest BCUT2D eigenvalue weighted by Crippen LogP contribution is -2.40. The average molecular weight is 354 g/mol. The van der Waals surface area contributed by atoms with Crippen LogP contribution in [0.5, 0.6) is 11.5 Å². The van der Waals surface area contributed by atoms with E-state index in [-0.39, 0.29) is 12.5 Å². The molecule has 1 aliphatic rings. The van der Waals surface area contributed by atoms with Gasteiger partial charge in [-0.25, -0.2) is 4.79 Å². The molecule has 0 saturated carbocycles. The fourth-order valence-corrected chi connectivity index (χ4v) is 3.07. The largest absolute Gasteiger partial charge is 0.497 e. The predicted molar refractivity (Wildman–Crippen MR) is 97.0 cm³/mol. The van der Waals surface area contributed by atoms with E-state index >= 15 is 0 Å². The summed E-state index contributed by atoms with van der Waals surface area (Å²) in [7, 11) is 1.56. The van der Waals surface area contributed by atoms with E-state index in [9.17, 15) is 9.59 Å². The minimum Gasteiger partial charge on any atom is -0.497 e. The topological polar surface area (TPSA) is 67.9 Å². The number of carbonyl (C=O) groups excluding carboxylic acids is 2. The van der Waals surface area contributed by atoms with E-state index in [0.29, 0.717) is 23.7 Å². The van der Waals surface area contributed by atoms with Crippen molar-refractivity contribution >= 4 is 11.9 Å². The Morgan fingerprint density at radius 2 is 1.88 bits per heavy atom. The predicted octanol–water partition coefficient (Wildman–Crippen LogP) is 3.06. The number of hydrogen-bond donors (Lipinski definition) is 1. The number of methoxy groups -OCH3 is 1. The van der Waals surface area contributed by atoms with Crippen LogP contribution in [-0.2, 0) is 16.9 Å². The second-order valence-corrected chi connectivity index (χ2v) is 6.22. The van der Waals surface area contributed by atoms with Gasteiger partial charge in [0.1, 0.15) is 17.0 Å². The van der Waals surface area contributed by atoms with Gasteiger partial charge in [-0.1, -0.05) is 30.3 Å². The van der Waals surface area contributed by atoms with Crippen molar-refractivity contribution in [2.24, 2.45) is 0 Å². The molecule has 0 spiro atoms. The third-order valence-electron chi connectivity index (χ3n) is 4.52. The number of amides is 3. The molecule has 0 aliphatic carbocycles. The Kier molecular flexibility index (Phi) is 4.84. The van der Waals surface area contributed by atoms with Crippen molar-refractivity contribution in [3.63, 3.8) is 0 Å². The van der Waals surface area contributed by atoms with Crippen molar-refractivity contribution in [2.45, 2.75) is 25.9 Å². The van der Waals surface area contributed by atoms with Gasteiger partial charge in [-0.2, -0.15) is 0 Å². The molecule has 2 aromatic carbocycles. The van der Waals surface area contributed by atoms with Gasteiger partial charge >= 0.3 is 6.03 Å². The first-order valence-electron chi connectivity index (χ1n) is 8.49. The summed E-state index contributed by atoms with van der Waals surface area (Å²) in [6, 6.07) is 14.1.